The lowest BCUT2D eigenvalue weighted by molar-refractivity contribution is 0.0643. The number of hydrogen-bond donors (Lipinski definition) is 4. The number of carbonyl (C=O) groups is 1. The van der Waals surface area contributed by atoms with Crippen LogP contribution in [0.2, 0.25) is 0 Å². The van der Waals surface area contributed by atoms with Gasteiger partial charge in [0.25, 0.3) is 11.5 Å². The lowest BCUT2D eigenvalue weighted by atomic mass is 10.0. The van der Waals surface area contributed by atoms with E-state index in [0.29, 0.717) is 34.7 Å². The molecule has 2 aromatic heterocycles. The van der Waals surface area contributed by atoms with E-state index in [9.17, 15) is 14.7 Å². The summed E-state index contributed by atoms with van der Waals surface area (Å²) < 4.78 is 5.80. The molecule has 4 heterocycles. The first-order valence-electron chi connectivity index (χ1n) is 13.9. The first-order chi connectivity index (χ1) is 19.8. The molecule has 1 fully saturated rings. The summed E-state index contributed by atoms with van der Waals surface area (Å²) >= 11 is 0. The van der Waals surface area contributed by atoms with E-state index in [1.54, 1.807) is 17.1 Å². The first kappa shape index (κ1) is 27.1. The Hall–Kier alpha value is -4.09. The molecule has 0 saturated carbocycles. The number of nitrogens with zero attached hydrogens (tertiary/aromatic N) is 3. The van der Waals surface area contributed by atoms with Crippen molar-refractivity contribution in [2.75, 3.05) is 31.6 Å². The highest BCUT2D eigenvalue weighted by atomic mass is 16.5. The molecule has 1 saturated heterocycles. The first-order valence-corrected chi connectivity index (χ1v) is 13.9. The van der Waals surface area contributed by atoms with Gasteiger partial charge in [-0.3, -0.25) is 9.59 Å². The minimum atomic E-state index is -0.812. The normalized spacial score (nSPS) is 16.8. The summed E-state index contributed by atoms with van der Waals surface area (Å²) in [5, 5.41) is 13.7. The molecule has 1 atom stereocenters. The van der Waals surface area contributed by atoms with Crippen LogP contribution < -0.4 is 15.6 Å². The number of ether oxygens (including phenoxy) is 1. The third-order valence-corrected chi connectivity index (χ3v) is 7.97. The topological polar surface area (TPSA) is 127 Å². The standard InChI is InChI=1S/C30H33BN6O4/c1-17-3-4-26(18(2)11-17)41-16-21(38)14-33-23-5-8-32-29(39)27(23)28-34-24-12-19-15-37(20-6-9-36(31)10-7-20)30(40)22(19)13-25(24)35-28/h3-5,8,11-13,20-21,38H,6-7,9-10,14-16H2,1-2H3,(H,34,35)(H2,32,33,39)/t21-/m1/s1. The van der Waals surface area contributed by atoms with Crippen molar-refractivity contribution in [2.24, 2.45) is 0 Å². The molecule has 2 radical (unpaired) electrons. The van der Waals surface area contributed by atoms with Crippen LogP contribution in [0.4, 0.5) is 5.69 Å². The number of amides is 1. The molecule has 2 aliphatic heterocycles. The van der Waals surface area contributed by atoms with Gasteiger partial charge in [-0.15, -0.1) is 0 Å². The molecule has 2 aromatic carbocycles. The summed E-state index contributed by atoms with van der Waals surface area (Å²) in [5.41, 5.74) is 5.64. The van der Waals surface area contributed by atoms with Crippen LogP contribution >= 0.6 is 0 Å². The number of pyridine rings is 1. The SMILES string of the molecule is [B]N1CCC(N2Cc3cc4[nH]c(-c5c(NC[C@@H](O)COc6ccc(C)cc6C)cc[nH]c5=O)nc4cc3C2=O)CC1. The fraction of sp³-hybridized carbons (Fsp3) is 0.367. The summed E-state index contributed by atoms with van der Waals surface area (Å²) in [6, 6.07) is 11.6. The predicted octanol–water partition coefficient (Wildman–Crippen LogP) is 2.89. The number of aliphatic hydroxyl groups excluding tert-OH is 1. The zero-order chi connectivity index (χ0) is 28.7. The summed E-state index contributed by atoms with van der Waals surface area (Å²) in [6.45, 7) is 6.35. The maximum atomic E-state index is 13.3. The second-order valence-electron chi connectivity index (χ2n) is 11.0. The van der Waals surface area contributed by atoms with Crippen LogP contribution in [0.5, 0.6) is 5.75 Å². The number of imidazole rings is 1. The molecule has 0 bridgehead atoms. The van der Waals surface area contributed by atoms with Crippen molar-refractivity contribution < 1.29 is 14.6 Å². The lowest BCUT2D eigenvalue weighted by Crippen LogP contribution is -2.44. The lowest BCUT2D eigenvalue weighted by Gasteiger charge is -2.35. The Morgan fingerprint density at radius 3 is 2.76 bits per heavy atom. The predicted molar refractivity (Wildman–Crippen MR) is 158 cm³/mol. The second kappa shape index (κ2) is 11.1. The van der Waals surface area contributed by atoms with Gasteiger partial charge in [0.2, 0.25) is 0 Å². The number of aliphatic hydroxyl groups is 1. The minimum absolute atomic E-state index is 0.0128. The van der Waals surface area contributed by atoms with Gasteiger partial charge in [0, 0.05) is 30.9 Å². The number of hydrogen-bond acceptors (Lipinski definition) is 7. The van der Waals surface area contributed by atoms with Gasteiger partial charge < -0.3 is 34.8 Å². The molecule has 2 aliphatic rings. The highest BCUT2D eigenvalue weighted by molar-refractivity contribution is 6.04. The number of aryl methyl sites for hydroxylation is 2. The van der Waals surface area contributed by atoms with Crippen molar-refractivity contribution in [3.8, 4) is 17.1 Å². The fourth-order valence-electron chi connectivity index (χ4n) is 5.75. The minimum Gasteiger partial charge on any atom is -0.491 e. The highest BCUT2D eigenvalue weighted by Crippen LogP contribution is 2.32. The molecule has 0 unspecified atom stereocenters. The van der Waals surface area contributed by atoms with Crippen molar-refractivity contribution in [1.29, 1.82) is 0 Å². The number of aromatic nitrogens is 3. The average Bonchev–Trinajstić information content (AvgIpc) is 3.50. The Morgan fingerprint density at radius 1 is 1.17 bits per heavy atom. The maximum absolute atomic E-state index is 13.3. The number of anilines is 1. The monoisotopic (exact) mass is 552 g/mol. The van der Waals surface area contributed by atoms with Gasteiger partial charge in [-0.25, -0.2) is 4.98 Å². The zero-order valence-corrected chi connectivity index (χ0v) is 23.2. The van der Waals surface area contributed by atoms with E-state index in [-0.39, 0.29) is 30.7 Å². The number of nitrogens with one attached hydrogen (secondary N) is 3. The smallest absolute Gasteiger partial charge is 0.261 e. The van der Waals surface area contributed by atoms with Gasteiger partial charge in [0.15, 0.2) is 7.98 Å². The van der Waals surface area contributed by atoms with Crippen molar-refractivity contribution >= 4 is 30.6 Å². The van der Waals surface area contributed by atoms with E-state index in [2.05, 4.69) is 20.3 Å². The fourth-order valence-corrected chi connectivity index (χ4v) is 5.75. The van der Waals surface area contributed by atoms with Gasteiger partial charge in [0.05, 0.1) is 16.7 Å². The van der Waals surface area contributed by atoms with Crippen LogP contribution in [0.3, 0.4) is 0 Å². The van der Waals surface area contributed by atoms with E-state index < -0.39 is 6.10 Å². The van der Waals surface area contributed by atoms with E-state index in [0.717, 1.165) is 53.9 Å². The quantitative estimate of drug-likeness (QED) is 0.248. The van der Waals surface area contributed by atoms with Crippen LogP contribution in [0.15, 0.2) is 47.4 Å². The molecule has 10 nitrogen and oxygen atoms in total. The van der Waals surface area contributed by atoms with Gasteiger partial charge in [-0.05, 0) is 75.2 Å². The van der Waals surface area contributed by atoms with Crippen LogP contribution in [-0.2, 0) is 6.54 Å². The summed E-state index contributed by atoms with van der Waals surface area (Å²) in [7, 11) is 5.90. The van der Waals surface area contributed by atoms with Crippen molar-refractivity contribution in [1.82, 2.24) is 24.7 Å². The molecular weight excluding hydrogens is 519 g/mol. The van der Waals surface area contributed by atoms with Crippen molar-refractivity contribution in [2.45, 2.75) is 45.4 Å². The van der Waals surface area contributed by atoms with Crippen molar-refractivity contribution in [3.63, 3.8) is 0 Å². The molecule has 1 amide bonds. The molecular formula is C30H33BN6O4. The Balaban J connectivity index is 1.18. The molecule has 41 heavy (non-hydrogen) atoms. The third kappa shape index (κ3) is 5.47. The molecule has 4 N–H and O–H groups in total. The van der Waals surface area contributed by atoms with Gasteiger partial charge in [-0.1, -0.05) is 17.7 Å². The summed E-state index contributed by atoms with van der Waals surface area (Å²) in [5.74, 6) is 1.12. The summed E-state index contributed by atoms with van der Waals surface area (Å²) in [6.07, 6.45) is 2.45. The van der Waals surface area contributed by atoms with E-state index >= 15 is 0 Å². The largest absolute Gasteiger partial charge is 0.491 e. The Labute approximate surface area is 239 Å². The van der Waals surface area contributed by atoms with Gasteiger partial charge in [-0.2, -0.15) is 0 Å². The Kier molecular flexibility index (Phi) is 7.31. The number of carbonyl (C=O) groups excluding carboxylic acids is 1. The van der Waals surface area contributed by atoms with Gasteiger partial charge in [0.1, 0.15) is 29.8 Å². The maximum Gasteiger partial charge on any atom is 0.261 e. The average molecular weight is 552 g/mol. The second-order valence-corrected chi connectivity index (χ2v) is 11.0. The number of fused-ring (bicyclic) bond motifs is 2. The number of aromatic amines is 2. The van der Waals surface area contributed by atoms with Gasteiger partial charge >= 0.3 is 0 Å². The van der Waals surface area contributed by atoms with E-state index in [4.69, 9.17) is 12.7 Å². The number of rotatable bonds is 8. The van der Waals surface area contributed by atoms with Crippen LogP contribution in [-0.4, -0.2) is 82.0 Å². The van der Waals surface area contributed by atoms with Crippen LogP contribution in [0.25, 0.3) is 22.4 Å². The number of benzene rings is 2. The Bertz CT molecular complexity index is 1660. The number of piperidine rings is 1. The van der Waals surface area contributed by atoms with Crippen LogP contribution in [0, 0.1) is 13.8 Å². The molecule has 0 spiro atoms. The van der Waals surface area contributed by atoms with E-state index in [1.807, 2.05) is 49.1 Å². The van der Waals surface area contributed by atoms with Crippen molar-refractivity contribution in [3.05, 3.63) is 75.2 Å². The highest BCUT2D eigenvalue weighted by Gasteiger charge is 2.34. The molecule has 4 aromatic rings. The summed E-state index contributed by atoms with van der Waals surface area (Å²) in [4.78, 5) is 40.6. The number of H-pyrrole nitrogens is 2. The van der Waals surface area contributed by atoms with E-state index in [1.165, 1.54) is 0 Å². The molecule has 6 rings (SSSR count). The molecule has 0 aliphatic carbocycles. The Morgan fingerprint density at radius 2 is 1.98 bits per heavy atom. The molecule has 11 heteroatoms. The molecule has 210 valence electrons. The third-order valence-electron chi connectivity index (χ3n) is 7.97. The zero-order valence-electron chi connectivity index (χ0n) is 23.2. The van der Waals surface area contributed by atoms with Crippen LogP contribution in [0.1, 0.15) is 39.9 Å².